The standard InChI is InChI=1S/C17H11F5.C9H9F2.C7H4F3.CH4O/c1-2-12-6-10(7-13(18)16(12)21)4-3-5-11-8-14(19)17(22)15(20)9-11;1-3-7-8(10)4-6(2)5-9(7)11;1-4-2-5(8)7(10)6(9)3-4;1-2/h2-4,6-9H,1,5H2;4-5H,2-3H2,1H3;2-3H,1H2;2H,1H3/b4-3+;;;. The third-order valence-corrected chi connectivity index (χ3v) is 5.60. The van der Waals surface area contributed by atoms with E-state index < -0.39 is 58.2 Å². The molecule has 0 saturated heterocycles. The van der Waals surface area contributed by atoms with E-state index in [1.54, 1.807) is 6.92 Å². The summed E-state index contributed by atoms with van der Waals surface area (Å²) in [5.41, 5.74) is 1.24. The molecule has 0 unspecified atom stereocenters. The predicted octanol–water partition coefficient (Wildman–Crippen LogP) is 9.88. The molecule has 0 atom stereocenters. The molecule has 1 nitrogen and oxygen atoms in total. The van der Waals surface area contributed by atoms with Crippen LogP contribution in [0.2, 0.25) is 0 Å². The van der Waals surface area contributed by atoms with Crippen molar-refractivity contribution in [3.63, 3.8) is 0 Å². The first-order valence-electron chi connectivity index (χ1n) is 12.8. The molecule has 1 N–H and O–H groups in total. The van der Waals surface area contributed by atoms with Gasteiger partial charge in [0.05, 0.1) is 0 Å². The number of aliphatic hydroxyl groups is 1. The Kier molecular flexibility index (Phi) is 15.8. The highest BCUT2D eigenvalue weighted by atomic mass is 19.2. The van der Waals surface area contributed by atoms with Gasteiger partial charge in [-0.05, 0) is 97.5 Å². The molecular weight excluding hydrogens is 614 g/mol. The average Bonchev–Trinajstić information content (AvgIpc) is 2.97. The zero-order valence-electron chi connectivity index (χ0n) is 24.1. The third-order valence-electron chi connectivity index (χ3n) is 5.60. The molecular formula is C34H28F10O. The van der Waals surface area contributed by atoms with E-state index in [1.807, 2.05) is 0 Å². The van der Waals surface area contributed by atoms with E-state index in [0.29, 0.717) is 17.5 Å². The Bertz CT molecular complexity index is 1560. The lowest BCUT2D eigenvalue weighted by atomic mass is 10.1. The van der Waals surface area contributed by atoms with Crippen LogP contribution >= 0.6 is 0 Å². The van der Waals surface area contributed by atoms with E-state index in [0.717, 1.165) is 37.4 Å². The number of aliphatic hydroxyl groups excluding tert-OH is 1. The van der Waals surface area contributed by atoms with Crippen LogP contribution < -0.4 is 0 Å². The fourth-order valence-electron chi connectivity index (χ4n) is 3.54. The maximum absolute atomic E-state index is 13.3. The number of allylic oxidation sites excluding steroid dienone is 1. The average molecular weight is 643 g/mol. The van der Waals surface area contributed by atoms with Crippen LogP contribution in [0.5, 0.6) is 0 Å². The topological polar surface area (TPSA) is 20.2 Å². The van der Waals surface area contributed by atoms with E-state index in [4.69, 9.17) is 5.11 Å². The van der Waals surface area contributed by atoms with Gasteiger partial charge in [0.15, 0.2) is 46.5 Å². The van der Waals surface area contributed by atoms with Gasteiger partial charge in [0.2, 0.25) is 0 Å². The van der Waals surface area contributed by atoms with Gasteiger partial charge in [-0.1, -0.05) is 31.7 Å². The fourth-order valence-corrected chi connectivity index (χ4v) is 3.54. The molecule has 0 aliphatic carbocycles. The van der Waals surface area contributed by atoms with Gasteiger partial charge in [-0.2, -0.15) is 0 Å². The van der Waals surface area contributed by atoms with Crippen molar-refractivity contribution in [1.29, 1.82) is 0 Å². The van der Waals surface area contributed by atoms with E-state index in [2.05, 4.69) is 20.4 Å². The highest BCUT2D eigenvalue weighted by Crippen LogP contribution is 2.19. The SMILES string of the molecule is C=Cc1cc(/C=C/Cc2cc(F)c(F)c(F)c2)cc(F)c1F.CO.[CH2]c1cc(F)c(CC)c(F)c1.[CH2]c1cc(F)c(F)c(F)c1. The van der Waals surface area contributed by atoms with E-state index >= 15 is 0 Å². The number of hydrogen-bond acceptors (Lipinski definition) is 1. The van der Waals surface area contributed by atoms with Crippen LogP contribution in [0.25, 0.3) is 12.2 Å². The van der Waals surface area contributed by atoms with Crippen LogP contribution in [-0.4, -0.2) is 12.2 Å². The zero-order valence-corrected chi connectivity index (χ0v) is 24.1. The molecule has 4 aromatic carbocycles. The minimum atomic E-state index is -1.52. The smallest absolute Gasteiger partial charge is 0.194 e. The second-order valence-electron chi connectivity index (χ2n) is 8.86. The van der Waals surface area contributed by atoms with Gasteiger partial charge in [0.25, 0.3) is 0 Å². The molecule has 45 heavy (non-hydrogen) atoms. The highest BCUT2D eigenvalue weighted by Gasteiger charge is 2.11. The molecule has 11 heteroatoms. The van der Waals surface area contributed by atoms with Crippen molar-refractivity contribution in [2.45, 2.75) is 19.8 Å². The van der Waals surface area contributed by atoms with Crippen LogP contribution in [0.15, 0.2) is 61.2 Å². The molecule has 4 aromatic rings. The lowest BCUT2D eigenvalue weighted by molar-refractivity contribution is 0.399. The fraction of sp³-hybridized carbons (Fsp3) is 0.118. The lowest BCUT2D eigenvalue weighted by Gasteiger charge is -2.02. The van der Waals surface area contributed by atoms with Crippen molar-refractivity contribution in [3.8, 4) is 0 Å². The summed E-state index contributed by atoms with van der Waals surface area (Å²) in [5, 5.41) is 7.00. The molecule has 0 aromatic heterocycles. The summed E-state index contributed by atoms with van der Waals surface area (Å²) < 4.78 is 128. The van der Waals surface area contributed by atoms with Gasteiger partial charge in [0.1, 0.15) is 11.6 Å². The van der Waals surface area contributed by atoms with E-state index in [9.17, 15) is 43.9 Å². The maximum atomic E-state index is 13.3. The highest BCUT2D eigenvalue weighted by molar-refractivity contribution is 5.58. The van der Waals surface area contributed by atoms with Crippen molar-refractivity contribution >= 4 is 12.2 Å². The number of rotatable bonds is 5. The number of benzene rings is 4. The molecule has 0 saturated carbocycles. The Morgan fingerprint density at radius 2 is 0.978 bits per heavy atom. The molecule has 0 bridgehead atoms. The van der Waals surface area contributed by atoms with Crippen molar-refractivity contribution < 1.29 is 49.0 Å². The normalized spacial score (nSPS) is 10.3. The Morgan fingerprint density at radius 1 is 0.578 bits per heavy atom. The Morgan fingerprint density at radius 3 is 1.40 bits per heavy atom. The minimum absolute atomic E-state index is 0.0125. The van der Waals surface area contributed by atoms with Gasteiger partial charge in [-0.15, -0.1) is 0 Å². The molecule has 0 spiro atoms. The van der Waals surface area contributed by atoms with E-state index in [-0.39, 0.29) is 28.7 Å². The van der Waals surface area contributed by atoms with Crippen LogP contribution in [-0.2, 0) is 12.8 Å². The summed E-state index contributed by atoms with van der Waals surface area (Å²) >= 11 is 0. The Labute approximate surface area is 254 Å². The molecule has 240 valence electrons. The Balaban J connectivity index is 0.000000367. The van der Waals surface area contributed by atoms with Gasteiger partial charge in [-0.25, -0.2) is 43.9 Å². The molecule has 0 heterocycles. The summed E-state index contributed by atoms with van der Waals surface area (Å²) in [5.74, 6) is -10.9. The van der Waals surface area contributed by atoms with Crippen LogP contribution in [0.4, 0.5) is 43.9 Å². The molecule has 4 rings (SSSR count). The molecule has 0 aliphatic rings. The van der Waals surface area contributed by atoms with Crippen molar-refractivity contribution in [2.24, 2.45) is 0 Å². The van der Waals surface area contributed by atoms with Gasteiger partial charge in [0, 0.05) is 18.2 Å². The predicted molar refractivity (Wildman–Crippen MR) is 155 cm³/mol. The number of hydrogen-bond donors (Lipinski definition) is 1. The third kappa shape index (κ3) is 11.6. The summed E-state index contributed by atoms with van der Waals surface area (Å²) in [7, 11) is 1.00. The zero-order chi connectivity index (χ0) is 34.4. The van der Waals surface area contributed by atoms with Crippen molar-refractivity contribution in [1.82, 2.24) is 0 Å². The molecule has 0 amide bonds. The molecule has 0 aliphatic heterocycles. The number of halogens is 10. The first kappa shape index (κ1) is 38.6. The van der Waals surface area contributed by atoms with Gasteiger partial charge >= 0.3 is 0 Å². The largest absolute Gasteiger partial charge is 0.400 e. The molecule has 0 fully saturated rings. The van der Waals surface area contributed by atoms with Crippen molar-refractivity contribution in [3.05, 3.63) is 167 Å². The lowest BCUT2D eigenvalue weighted by Crippen LogP contribution is -1.94. The monoisotopic (exact) mass is 642 g/mol. The van der Waals surface area contributed by atoms with Crippen LogP contribution in [0.3, 0.4) is 0 Å². The van der Waals surface area contributed by atoms with Crippen molar-refractivity contribution in [2.75, 3.05) is 7.11 Å². The second-order valence-corrected chi connectivity index (χ2v) is 8.86. The Hall–Kier alpha value is -4.38. The summed E-state index contributed by atoms with van der Waals surface area (Å²) in [6, 6.07) is 8.27. The minimum Gasteiger partial charge on any atom is -0.400 e. The van der Waals surface area contributed by atoms with Crippen LogP contribution in [0.1, 0.15) is 40.3 Å². The first-order chi connectivity index (χ1) is 21.2. The quantitative estimate of drug-likeness (QED) is 0.170. The summed E-state index contributed by atoms with van der Waals surface area (Å²) in [6.07, 6.45) is 4.63. The first-order valence-corrected chi connectivity index (χ1v) is 12.8. The second kappa shape index (κ2) is 18.4. The maximum Gasteiger partial charge on any atom is 0.194 e. The molecule has 2 radical (unpaired) electrons. The van der Waals surface area contributed by atoms with Gasteiger partial charge in [-0.3, -0.25) is 0 Å². The van der Waals surface area contributed by atoms with E-state index in [1.165, 1.54) is 36.4 Å². The summed E-state index contributed by atoms with van der Waals surface area (Å²) in [4.78, 5) is 0. The van der Waals surface area contributed by atoms with Crippen LogP contribution in [0, 0.1) is 72.0 Å². The summed E-state index contributed by atoms with van der Waals surface area (Å²) in [6.45, 7) is 11.8. The van der Waals surface area contributed by atoms with Gasteiger partial charge < -0.3 is 5.11 Å².